The van der Waals surface area contributed by atoms with E-state index in [2.05, 4.69) is 10.6 Å². The predicted molar refractivity (Wildman–Crippen MR) is 81.5 cm³/mol. The highest BCUT2D eigenvalue weighted by atomic mass is 35.5. The van der Waals surface area contributed by atoms with Crippen LogP contribution < -0.4 is 15.4 Å². The van der Waals surface area contributed by atoms with E-state index in [4.69, 9.17) is 16.3 Å². The van der Waals surface area contributed by atoms with Crippen molar-refractivity contribution in [2.24, 2.45) is 5.92 Å². The molecule has 1 amide bonds. The molecule has 110 valence electrons. The van der Waals surface area contributed by atoms with E-state index in [0.717, 1.165) is 38.0 Å². The Balaban J connectivity index is 1.95. The molecule has 0 radical (unpaired) electrons. The van der Waals surface area contributed by atoms with Gasteiger partial charge in [-0.3, -0.25) is 4.79 Å². The molecule has 5 heteroatoms. The molecule has 1 heterocycles. The van der Waals surface area contributed by atoms with Crippen LogP contribution in [0.3, 0.4) is 0 Å². The first-order valence-corrected chi connectivity index (χ1v) is 7.52. The van der Waals surface area contributed by atoms with Crippen LogP contribution in [0.25, 0.3) is 0 Å². The number of anilines is 1. The number of hydrogen-bond donors (Lipinski definition) is 2. The monoisotopic (exact) mass is 296 g/mol. The van der Waals surface area contributed by atoms with Crippen molar-refractivity contribution in [2.75, 3.05) is 25.0 Å². The Morgan fingerprint density at radius 1 is 1.55 bits per heavy atom. The van der Waals surface area contributed by atoms with Crippen LogP contribution in [0, 0.1) is 5.92 Å². The van der Waals surface area contributed by atoms with Gasteiger partial charge in [-0.05, 0) is 44.0 Å². The molecule has 1 aliphatic rings. The van der Waals surface area contributed by atoms with E-state index < -0.39 is 0 Å². The van der Waals surface area contributed by atoms with E-state index in [9.17, 15) is 4.79 Å². The van der Waals surface area contributed by atoms with Crippen molar-refractivity contribution in [2.45, 2.75) is 26.2 Å². The molecule has 2 rings (SSSR count). The lowest BCUT2D eigenvalue weighted by atomic mass is 9.99. The van der Waals surface area contributed by atoms with Gasteiger partial charge < -0.3 is 15.4 Å². The van der Waals surface area contributed by atoms with Gasteiger partial charge in [0, 0.05) is 12.2 Å². The molecule has 2 N–H and O–H groups in total. The fraction of sp³-hybridized carbons (Fsp3) is 0.533. The van der Waals surface area contributed by atoms with Gasteiger partial charge in [0.25, 0.3) is 0 Å². The van der Waals surface area contributed by atoms with E-state index in [1.807, 2.05) is 13.0 Å². The summed E-state index contributed by atoms with van der Waals surface area (Å²) >= 11 is 6.15. The topological polar surface area (TPSA) is 50.4 Å². The van der Waals surface area contributed by atoms with E-state index >= 15 is 0 Å². The molecule has 1 saturated heterocycles. The molecular weight excluding hydrogens is 276 g/mol. The maximum absolute atomic E-state index is 12.1. The van der Waals surface area contributed by atoms with Crippen molar-refractivity contribution in [3.05, 3.63) is 23.2 Å². The zero-order valence-corrected chi connectivity index (χ0v) is 12.5. The standard InChI is InChI=1S/C15H21ClN2O2/c1-2-8-20-14-6-5-12(9-13(14)16)18-15(19)11-4-3-7-17-10-11/h5-6,9,11,17H,2-4,7-8,10H2,1H3,(H,18,19). The third-order valence-electron chi connectivity index (χ3n) is 3.33. The first-order valence-electron chi connectivity index (χ1n) is 7.14. The zero-order valence-electron chi connectivity index (χ0n) is 11.7. The molecule has 1 aromatic rings. The quantitative estimate of drug-likeness (QED) is 0.878. The minimum Gasteiger partial charge on any atom is -0.492 e. The summed E-state index contributed by atoms with van der Waals surface area (Å²) in [4.78, 5) is 12.1. The van der Waals surface area contributed by atoms with Gasteiger partial charge in [0.05, 0.1) is 17.5 Å². The first-order chi connectivity index (χ1) is 9.70. The SMILES string of the molecule is CCCOc1ccc(NC(=O)C2CCCNC2)cc1Cl. The van der Waals surface area contributed by atoms with Crippen molar-refractivity contribution in [3.63, 3.8) is 0 Å². The Morgan fingerprint density at radius 3 is 3.05 bits per heavy atom. The average Bonchev–Trinajstić information content (AvgIpc) is 2.47. The number of carbonyl (C=O) groups excluding carboxylic acids is 1. The number of nitrogens with one attached hydrogen (secondary N) is 2. The second-order valence-electron chi connectivity index (χ2n) is 5.03. The summed E-state index contributed by atoms with van der Waals surface area (Å²) in [6.07, 6.45) is 2.91. The highest BCUT2D eigenvalue weighted by molar-refractivity contribution is 6.32. The summed E-state index contributed by atoms with van der Waals surface area (Å²) in [7, 11) is 0. The number of benzene rings is 1. The normalized spacial score (nSPS) is 18.6. The lowest BCUT2D eigenvalue weighted by molar-refractivity contribution is -0.120. The lowest BCUT2D eigenvalue weighted by Gasteiger charge is -2.22. The summed E-state index contributed by atoms with van der Waals surface area (Å²) < 4.78 is 5.51. The Hall–Kier alpha value is -1.26. The Kier molecular flexibility index (Phi) is 5.68. The van der Waals surface area contributed by atoms with Gasteiger partial charge in [-0.1, -0.05) is 18.5 Å². The Bertz CT molecular complexity index is 459. The van der Waals surface area contributed by atoms with E-state index in [1.165, 1.54) is 0 Å². The molecule has 0 bridgehead atoms. The summed E-state index contributed by atoms with van der Waals surface area (Å²) in [6.45, 7) is 4.43. The number of ether oxygens (including phenoxy) is 1. The predicted octanol–water partition coefficient (Wildman–Crippen LogP) is 3.07. The minimum absolute atomic E-state index is 0.0403. The fourth-order valence-corrected chi connectivity index (χ4v) is 2.46. The lowest BCUT2D eigenvalue weighted by Crippen LogP contribution is -2.37. The third-order valence-corrected chi connectivity index (χ3v) is 3.62. The molecule has 0 aromatic heterocycles. The van der Waals surface area contributed by atoms with Crippen LogP contribution in [-0.4, -0.2) is 25.6 Å². The number of halogens is 1. The van der Waals surface area contributed by atoms with Crippen LogP contribution in [0.15, 0.2) is 18.2 Å². The zero-order chi connectivity index (χ0) is 14.4. The molecule has 0 spiro atoms. The van der Waals surface area contributed by atoms with Gasteiger partial charge in [0.15, 0.2) is 0 Å². The van der Waals surface area contributed by atoms with Crippen molar-refractivity contribution < 1.29 is 9.53 Å². The maximum atomic E-state index is 12.1. The third kappa shape index (κ3) is 4.12. The summed E-state index contributed by atoms with van der Waals surface area (Å²) in [6, 6.07) is 5.36. The van der Waals surface area contributed by atoms with Crippen LogP contribution in [0.2, 0.25) is 5.02 Å². The second-order valence-corrected chi connectivity index (χ2v) is 5.43. The maximum Gasteiger partial charge on any atom is 0.228 e. The highest BCUT2D eigenvalue weighted by Gasteiger charge is 2.21. The molecule has 4 nitrogen and oxygen atoms in total. The molecule has 1 atom stereocenters. The molecule has 1 unspecified atom stereocenters. The fourth-order valence-electron chi connectivity index (χ4n) is 2.23. The van der Waals surface area contributed by atoms with Crippen molar-refractivity contribution in [1.29, 1.82) is 0 Å². The summed E-state index contributed by atoms with van der Waals surface area (Å²) in [5, 5.41) is 6.68. The minimum atomic E-state index is 0.0403. The molecule has 1 fully saturated rings. The number of hydrogen-bond acceptors (Lipinski definition) is 3. The molecular formula is C15H21ClN2O2. The molecule has 20 heavy (non-hydrogen) atoms. The summed E-state index contributed by atoms with van der Waals surface area (Å²) in [5.74, 6) is 0.750. The smallest absolute Gasteiger partial charge is 0.228 e. The number of piperidine rings is 1. The second kappa shape index (κ2) is 7.50. The van der Waals surface area contributed by atoms with Gasteiger partial charge in [0.1, 0.15) is 5.75 Å². The van der Waals surface area contributed by atoms with Crippen molar-refractivity contribution >= 4 is 23.2 Å². The molecule has 1 aliphatic heterocycles. The van der Waals surface area contributed by atoms with Crippen LogP contribution in [0.1, 0.15) is 26.2 Å². The van der Waals surface area contributed by atoms with Crippen LogP contribution >= 0.6 is 11.6 Å². The van der Waals surface area contributed by atoms with Crippen molar-refractivity contribution in [3.8, 4) is 5.75 Å². The van der Waals surface area contributed by atoms with Crippen LogP contribution in [0.4, 0.5) is 5.69 Å². The molecule has 0 saturated carbocycles. The summed E-state index contributed by atoms with van der Waals surface area (Å²) in [5.41, 5.74) is 0.717. The van der Waals surface area contributed by atoms with Crippen molar-refractivity contribution in [1.82, 2.24) is 5.32 Å². The van der Waals surface area contributed by atoms with Gasteiger partial charge in [-0.25, -0.2) is 0 Å². The van der Waals surface area contributed by atoms with Gasteiger partial charge in [0.2, 0.25) is 5.91 Å². The number of amides is 1. The van der Waals surface area contributed by atoms with Gasteiger partial charge in [-0.15, -0.1) is 0 Å². The number of carbonyl (C=O) groups is 1. The number of rotatable bonds is 5. The van der Waals surface area contributed by atoms with Crippen LogP contribution in [-0.2, 0) is 4.79 Å². The molecule has 1 aromatic carbocycles. The van der Waals surface area contributed by atoms with E-state index in [1.54, 1.807) is 12.1 Å². The van der Waals surface area contributed by atoms with Gasteiger partial charge in [-0.2, -0.15) is 0 Å². The highest BCUT2D eigenvalue weighted by Crippen LogP contribution is 2.28. The largest absolute Gasteiger partial charge is 0.492 e. The van der Waals surface area contributed by atoms with E-state index in [0.29, 0.717) is 17.4 Å². The van der Waals surface area contributed by atoms with Gasteiger partial charge >= 0.3 is 0 Å². The Labute approximate surface area is 124 Å². The molecule has 0 aliphatic carbocycles. The first kappa shape index (κ1) is 15.1. The van der Waals surface area contributed by atoms with E-state index in [-0.39, 0.29) is 11.8 Å². The van der Waals surface area contributed by atoms with Crippen LogP contribution in [0.5, 0.6) is 5.75 Å². The average molecular weight is 297 g/mol. The Morgan fingerprint density at radius 2 is 2.40 bits per heavy atom.